The number of anilines is 1. The van der Waals surface area contributed by atoms with Gasteiger partial charge in [-0.1, -0.05) is 25.5 Å². The van der Waals surface area contributed by atoms with E-state index in [2.05, 4.69) is 16.0 Å². The minimum atomic E-state index is -0.289. The second kappa shape index (κ2) is 6.11. The smallest absolute Gasteiger partial charge is 0.220 e. The van der Waals surface area contributed by atoms with E-state index >= 15 is 0 Å². The minimum Gasteiger partial charge on any atom is -0.368 e. The molecule has 0 saturated carbocycles. The third-order valence-corrected chi connectivity index (χ3v) is 2.96. The number of hydrogen-bond donors (Lipinski definition) is 1. The third-order valence-electron chi connectivity index (χ3n) is 2.96. The van der Waals surface area contributed by atoms with Crippen LogP contribution in [0.3, 0.4) is 0 Å². The Balaban J connectivity index is 2.40. The number of aromatic nitrogens is 2. The van der Waals surface area contributed by atoms with Crippen molar-refractivity contribution in [3.8, 4) is 6.07 Å². The molecule has 0 saturated heterocycles. The molecule has 0 aliphatic heterocycles. The predicted molar refractivity (Wildman–Crippen MR) is 74.4 cm³/mol. The first-order valence-corrected chi connectivity index (χ1v) is 6.43. The molecule has 0 unspecified atom stereocenters. The molecule has 0 bridgehead atoms. The lowest BCUT2D eigenvalue weighted by molar-refractivity contribution is 0.627. The Kier molecular flexibility index (Phi) is 4.26. The number of aryl methyl sites for hydroxylation is 1. The van der Waals surface area contributed by atoms with E-state index in [1.54, 1.807) is 12.1 Å². The Hall–Kier alpha value is -2.48. The van der Waals surface area contributed by atoms with Crippen LogP contribution in [-0.4, -0.2) is 9.97 Å². The number of benzene rings is 1. The summed E-state index contributed by atoms with van der Waals surface area (Å²) < 4.78 is 12.9. The van der Waals surface area contributed by atoms with Crippen LogP contribution >= 0.6 is 0 Å². The van der Waals surface area contributed by atoms with Crippen molar-refractivity contribution in [1.82, 2.24) is 9.97 Å². The maximum atomic E-state index is 12.9. The van der Waals surface area contributed by atoms with Crippen LogP contribution in [0.2, 0.25) is 0 Å². The zero-order valence-corrected chi connectivity index (χ0v) is 11.2. The maximum absolute atomic E-state index is 12.9. The van der Waals surface area contributed by atoms with Crippen molar-refractivity contribution in [3.63, 3.8) is 0 Å². The molecule has 1 heterocycles. The summed E-state index contributed by atoms with van der Waals surface area (Å²) in [5, 5.41) is 9.31. The summed E-state index contributed by atoms with van der Waals surface area (Å²) in [6.45, 7) is 2.01. The van der Waals surface area contributed by atoms with Crippen LogP contribution in [0.4, 0.5) is 10.3 Å². The molecule has 0 fully saturated rings. The summed E-state index contributed by atoms with van der Waals surface area (Å²) in [7, 11) is 0. The summed E-state index contributed by atoms with van der Waals surface area (Å²) in [5.74, 6) is -0.118. The molecule has 0 aliphatic rings. The van der Waals surface area contributed by atoms with Gasteiger partial charge in [-0.15, -0.1) is 0 Å². The summed E-state index contributed by atoms with van der Waals surface area (Å²) in [4.78, 5) is 8.29. The van der Waals surface area contributed by atoms with Crippen LogP contribution < -0.4 is 5.73 Å². The average molecular weight is 270 g/mol. The van der Waals surface area contributed by atoms with Gasteiger partial charge in [0.05, 0.1) is 17.0 Å². The number of nitrogens with zero attached hydrogens (tertiary/aromatic N) is 3. The van der Waals surface area contributed by atoms with Crippen molar-refractivity contribution in [1.29, 1.82) is 5.26 Å². The largest absolute Gasteiger partial charge is 0.368 e. The first-order chi connectivity index (χ1) is 9.63. The Bertz CT molecular complexity index is 644. The Morgan fingerprint density at radius 1 is 1.20 bits per heavy atom. The highest BCUT2D eigenvalue weighted by atomic mass is 19.1. The van der Waals surface area contributed by atoms with E-state index < -0.39 is 0 Å². The molecule has 102 valence electrons. The zero-order chi connectivity index (χ0) is 14.5. The first-order valence-electron chi connectivity index (χ1n) is 6.43. The van der Waals surface area contributed by atoms with Crippen LogP contribution in [0.15, 0.2) is 24.3 Å². The van der Waals surface area contributed by atoms with E-state index in [9.17, 15) is 9.65 Å². The minimum absolute atomic E-state index is 0.171. The van der Waals surface area contributed by atoms with Crippen molar-refractivity contribution in [2.24, 2.45) is 0 Å². The van der Waals surface area contributed by atoms with Crippen LogP contribution in [0.1, 0.15) is 35.9 Å². The van der Waals surface area contributed by atoms with E-state index in [-0.39, 0.29) is 11.8 Å². The first kappa shape index (κ1) is 13.9. The molecular formula is C15H15FN4. The number of nitrogens with two attached hydrogens (primary N) is 1. The molecule has 2 N–H and O–H groups in total. The quantitative estimate of drug-likeness (QED) is 0.926. The molecule has 0 spiro atoms. The van der Waals surface area contributed by atoms with Gasteiger partial charge in [-0.25, -0.2) is 14.4 Å². The van der Waals surface area contributed by atoms with Crippen LogP contribution in [0, 0.1) is 17.1 Å². The number of hydrogen-bond acceptors (Lipinski definition) is 4. The lowest BCUT2D eigenvalue weighted by atomic mass is 10.0. The second-order valence-electron chi connectivity index (χ2n) is 4.52. The second-order valence-corrected chi connectivity index (χ2v) is 4.52. The molecule has 1 aromatic carbocycles. The normalized spacial score (nSPS) is 10.2. The standard InChI is InChI=1S/C15H15FN4/c1-2-3-13-12(9-17)14(20-15(18)19-13)8-10-4-6-11(16)7-5-10/h4-7H,2-3,8H2,1H3,(H2,18,19,20). The summed E-state index contributed by atoms with van der Waals surface area (Å²) >= 11 is 0. The van der Waals surface area contributed by atoms with Gasteiger partial charge in [0.15, 0.2) is 0 Å². The number of rotatable bonds is 4. The maximum Gasteiger partial charge on any atom is 0.220 e. The Morgan fingerprint density at radius 2 is 1.85 bits per heavy atom. The third kappa shape index (κ3) is 3.09. The molecule has 20 heavy (non-hydrogen) atoms. The van der Waals surface area contributed by atoms with Gasteiger partial charge in [-0.2, -0.15) is 5.26 Å². The van der Waals surface area contributed by atoms with Gasteiger partial charge in [-0.3, -0.25) is 0 Å². The Morgan fingerprint density at radius 3 is 2.45 bits per heavy atom. The lowest BCUT2D eigenvalue weighted by Gasteiger charge is -2.09. The molecule has 2 rings (SSSR count). The van der Waals surface area contributed by atoms with Crippen LogP contribution in [-0.2, 0) is 12.8 Å². The fraction of sp³-hybridized carbons (Fsp3) is 0.267. The molecule has 5 heteroatoms. The van der Waals surface area contributed by atoms with Gasteiger partial charge in [-0.05, 0) is 24.1 Å². The Labute approximate surface area is 117 Å². The SMILES string of the molecule is CCCc1nc(N)nc(Cc2ccc(F)cc2)c1C#N. The number of halogens is 1. The molecule has 2 aromatic rings. The fourth-order valence-corrected chi connectivity index (χ4v) is 2.05. The zero-order valence-electron chi connectivity index (χ0n) is 11.2. The molecule has 0 atom stereocenters. The summed E-state index contributed by atoms with van der Waals surface area (Å²) in [6.07, 6.45) is 2.00. The highest BCUT2D eigenvalue weighted by molar-refractivity contribution is 5.43. The van der Waals surface area contributed by atoms with Gasteiger partial charge < -0.3 is 5.73 Å². The van der Waals surface area contributed by atoms with E-state index in [0.29, 0.717) is 29.8 Å². The van der Waals surface area contributed by atoms with Crippen LogP contribution in [0.5, 0.6) is 0 Å². The fourth-order valence-electron chi connectivity index (χ4n) is 2.05. The van der Waals surface area contributed by atoms with Gasteiger partial charge in [0.2, 0.25) is 5.95 Å². The van der Waals surface area contributed by atoms with Crippen molar-refractivity contribution < 1.29 is 4.39 Å². The average Bonchev–Trinajstić information content (AvgIpc) is 2.41. The van der Waals surface area contributed by atoms with E-state index in [1.807, 2.05) is 6.92 Å². The molecule has 1 aromatic heterocycles. The van der Waals surface area contributed by atoms with E-state index in [0.717, 1.165) is 12.0 Å². The van der Waals surface area contributed by atoms with Gasteiger partial charge >= 0.3 is 0 Å². The topological polar surface area (TPSA) is 75.6 Å². The monoisotopic (exact) mass is 270 g/mol. The van der Waals surface area contributed by atoms with Crippen LogP contribution in [0.25, 0.3) is 0 Å². The highest BCUT2D eigenvalue weighted by Gasteiger charge is 2.13. The number of nitrogen functional groups attached to an aromatic ring is 1. The molecule has 0 aliphatic carbocycles. The van der Waals surface area contributed by atoms with Crippen molar-refractivity contribution >= 4 is 5.95 Å². The van der Waals surface area contributed by atoms with Crippen molar-refractivity contribution in [3.05, 3.63) is 52.6 Å². The van der Waals surface area contributed by atoms with Gasteiger partial charge in [0.25, 0.3) is 0 Å². The van der Waals surface area contributed by atoms with Gasteiger partial charge in [0, 0.05) is 6.42 Å². The highest BCUT2D eigenvalue weighted by Crippen LogP contribution is 2.17. The molecule has 0 amide bonds. The summed E-state index contributed by atoms with van der Waals surface area (Å²) in [6, 6.07) is 8.28. The van der Waals surface area contributed by atoms with E-state index in [1.165, 1.54) is 12.1 Å². The summed E-state index contributed by atoms with van der Waals surface area (Å²) in [5.41, 5.74) is 8.33. The molecular weight excluding hydrogens is 255 g/mol. The predicted octanol–water partition coefficient (Wildman–Crippen LogP) is 2.61. The molecule has 4 nitrogen and oxygen atoms in total. The van der Waals surface area contributed by atoms with Crippen molar-refractivity contribution in [2.75, 3.05) is 5.73 Å². The van der Waals surface area contributed by atoms with Gasteiger partial charge in [0.1, 0.15) is 11.9 Å². The lowest BCUT2D eigenvalue weighted by Crippen LogP contribution is -2.08. The number of nitriles is 1. The van der Waals surface area contributed by atoms with E-state index in [4.69, 9.17) is 5.73 Å². The molecule has 0 radical (unpaired) electrons. The van der Waals surface area contributed by atoms with Crippen molar-refractivity contribution in [2.45, 2.75) is 26.2 Å².